The average molecular weight is 387 g/mol. The van der Waals surface area contributed by atoms with Gasteiger partial charge in [-0.15, -0.1) is 0 Å². The number of pyridine rings is 1. The van der Waals surface area contributed by atoms with Gasteiger partial charge in [0.2, 0.25) is 0 Å². The quantitative estimate of drug-likeness (QED) is 0.650. The van der Waals surface area contributed by atoms with Gasteiger partial charge in [-0.05, 0) is 31.2 Å². The van der Waals surface area contributed by atoms with Crippen molar-refractivity contribution in [2.24, 2.45) is 0 Å². The number of anilines is 2. The third-order valence-electron chi connectivity index (χ3n) is 5.46. The fourth-order valence-electron chi connectivity index (χ4n) is 4.21. The van der Waals surface area contributed by atoms with Crippen LogP contribution in [-0.4, -0.2) is 54.5 Å². The SMILES string of the molecule is OCCCNc1ncnc2c1sc1[nH+]c(N3CCOCC3)c3c(c12)CCC3. The number of aryl methyl sites for hydroxylation is 1. The molecule has 142 valence electrons. The molecule has 0 spiro atoms. The molecular weight excluding hydrogens is 362 g/mol. The number of H-pyrrole nitrogens is 1. The molecule has 5 rings (SSSR count). The number of aliphatic hydroxyl groups is 1. The zero-order chi connectivity index (χ0) is 18.2. The van der Waals surface area contributed by atoms with Gasteiger partial charge in [0.1, 0.15) is 29.9 Å². The van der Waals surface area contributed by atoms with Gasteiger partial charge in [0.25, 0.3) is 5.82 Å². The maximum absolute atomic E-state index is 9.04. The lowest BCUT2D eigenvalue weighted by Gasteiger charge is -2.23. The van der Waals surface area contributed by atoms with E-state index in [-0.39, 0.29) is 6.61 Å². The van der Waals surface area contributed by atoms with Crippen molar-refractivity contribution >= 4 is 43.4 Å². The van der Waals surface area contributed by atoms with Crippen LogP contribution in [0, 0.1) is 0 Å². The highest BCUT2D eigenvalue weighted by molar-refractivity contribution is 7.25. The largest absolute Gasteiger partial charge is 0.396 e. The van der Waals surface area contributed by atoms with Crippen LogP contribution in [-0.2, 0) is 17.6 Å². The van der Waals surface area contributed by atoms with E-state index < -0.39 is 0 Å². The Balaban J connectivity index is 1.66. The van der Waals surface area contributed by atoms with Crippen LogP contribution in [0.15, 0.2) is 6.33 Å². The molecule has 0 unspecified atom stereocenters. The normalized spacial score (nSPS) is 17.0. The number of nitrogens with zero attached hydrogens (tertiary/aromatic N) is 3. The van der Waals surface area contributed by atoms with Gasteiger partial charge in [-0.1, -0.05) is 11.3 Å². The molecule has 0 atom stereocenters. The van der Waals surface area contributed by atoms with Crippen LogP contribution in [0.5, 0.6) is 0 Å². The molecule has 0 aromatic carbocycles. The molecular formula is C19H24N5O2S+. The molecule has 4 heterocycles. The average Bonchev–Trinajstić information content (AvgIpc) is 3.32. The Morgan fingerprint density at radius 3 is 2.93 bits per heavy atom. The molecule has 1 fully saturated rings. The number of thiophene rings is 1. The topological polar surface area (TPSA) is 84.7 Å². The second-order valence-electron chi connectivity index (χ2n) is 7.09. The minimum absolute atomic E-state index is 0.178. The van der Waals surface area contributed by atoms with Crippen molar-refractivity contribution in [1.29, 1.82) is 0 Å². The van der Waals surface area contributed by atoms with Crippen LogP contribution in [0.25, 0.3) is 20.4 Å². The Morgan fingerprint density at radius 2 is 2.07 bits per heavy atom. The summed E-state index contributed by atoms with van der Waals surface area (Å²) >= 11 is 1.73. The highest BCUT2D eigenvalue weighted by atomic mass is 32.1. The molecule has 2 aliphatic rings. The Hall–Kier alpha value is -2.03. The highest BCUT2D eigenvalue weighted by Gasteiger charge is 2.31. The number of aromatic amines is 1. The Kier molecular flexibility index (Phi) is 4.55. The number of nitrogens with one attached hydrogen (secondary N) is 2. The van der Waals surface area contributed by atoms with E-state index in [0.717, 1.165) is 55.2 Å². The van der Waals surface area contributed by atoms with Crippen molar-refractivity contribution in [1.82, 2.24) is 9.97 Å². The van der Waals surface area contributed by atoms with Crippen molar-refractivity contribution in [2.75, 3.05) is 49.7 Å². The first-order valence-corrected chi connectivity index (χ1v) is 10.5. The van der Waals surface area contributed by atoms with Gasteiger partial charge in [0, 0.05) is 18.7 Å². The summed E-state index contributed by atoms with van der Waals surface area (Å²) in [6, 6.07) is 0. The van der Waals surface area contributed by atoms with Gasteiger partial charge in [-0.25, -0.2) is 15.0 Å². The van der Waals surface area contributed by atoms with Gasteiger partial charge in [-0.2, -0.15) is 0 Å². The van der Waals surface area contributed by atoms with Crippen LogP contribution in [0.4, 0.5) is 11.6 Å². The number of hydrogen-bond donors (Lipinski definition) is 2. The van der Waals surface area contributed by atoms with Crippen molar-refractivity contribution in [3.05, 3.63) is 17.5 Å². The molecule has 7 nitrogen and oxygen atoms in total. The van der Waals surface area contributed by atoms with Crippen LogP contribution in [0.2, 0.25) is 0 Å². The number of aliphatic hydroxyl groups excluding tert-OH is 1. The third-order valence-corrected chi connectivity index (χ3v) is 6.56. The molecule has 1 aliphatic heterocycles. The van der Waals surface area contributed by atoms with Crippen molar-refractivity contribution in [2.45, 2.75) is 25.7 Å². The summed E-state index contributed by atoms with van der Waals surface area (Å²) in [6.07, 6.45) is 5.79. The van der Waals surface area contributed by atoms with Gasteiger partial charge >= 0.3 is 0 Å². The van der Waals surface area contributed by atoms with Gasteiger partial charge in [0.15, 0.2) is 4.83 Å². The summed E-state index contributed by atoms with van der Waals surface area (Å²) in [5.41, 5.74) is 3.95. The van der Waals surface area contributed by atoms with Crippen LogP contribution in [0.3, 0.4) is 0 Å². The lowest BCUT2D eigenvalue weighted by molar-refractivity contribution is -0.328. The number of hydrogen-bond acceptors (Lipinski definition) is 7. The van der Waals surface area contributed by atoms with E-state index in [2.05, 4.69) is 25.2 Å². The summed E-state index contributed by atoms with van der Waals surface area (Å²) in [5, 5.41) is 13.7. The fraction of sp³-hybridized carbons (Fsp3) is 0.526. The van der Waals surface area contributed by atoms with Crippen molar-refractivity contribution in [3.63, 3.8) is 0 Å². The van der Waals surface area contributed by atoms with E-state index in [1.54, 1.807) is 17.7 Å². The maximum atomic E-state index is 9.04. The number of morpholine rings is 1. The number of rotatable bonds is 5. The fourth-order valence-corrected chi connectivity index (χ4v) is 5.36. The second-order valence-corrected chi connectivity index (χ2v) is 8.11. The maximum Gasteiger partial charge on any atom is 0.279 e. The lowest BCUT2D eigenvalue weighted by atomic mass is 10.1. The first-order chi connectivity index (χ1) is 13.4. The van der Waals surface area contributed by atoms with Gasteiger partial charge in [-0.3, -0.25) is 4.90 Å². The lowest BCUT2D eigenvalue weighted by Crippen LogP contribution is -2.40. The summed E-state index contributed by atoms with van der Waals surface area (Å²) in [4.78, 5) is 16.4. The standard InChI is InChI=1S/C19H23N5O2S/c25-8-2-5-20-17-16-15(21-11-22-17)14-12-3-1-4-13(12)18(23-19(14)27-16)24-6-9-26-10-7-24/h11,25H,1-10H2,(H,20,21,22)/p+1. The predicted molar refractivity (Wildman–Crippen MR) is 107 cm³/mol. The van der Waals surface area contributed by atoms with Gasteiger partial charge in [0.05, 0.1) is 24.1 Å². The first-order valence-electron chi connectivity index (χ1n) is 9.68. The Morgan fingerprint density at radius 1 is 1.22 bits per heavy atom. The number of fused-ring (bicyclic) bond motifs is 5. The smallest absolute Gasteiger partial charge is 0.279 e. The minimum Gasteiger partial charge on any atom is -0.396 e. The van der Waals surface area contributed by atoms with E-state index in [1.165, 1.54) is 33.6 Å². The van der Waals surface area contributed by atoms with E-state index >= 15 is 0 Å². The Bertz CT molecular complexity index is 983. The number of aromatic nitrogens is 3. The second kappa shape index (κ2) is 7.18. The summed E-state index contributed by atoms with van der Waals surface area (Å²) < 4.78 is 6.63. The molecule has 0 bridgehead atoms. The van der Waals surface area contributed by atoms with E-state index in [0.29, 0.717) is 13.0 Å². The molecule has 3 N–H and O–H groups in total. The molecule has 3 aromatic heterocycles. The Labute approximate surface area is 161 Å². The van der Waals surface area contributed by atoms with Crippen LogP contribution >= 0.6 is 11.3 Å². The zero-order valence-corrected chi connectivity index (χ0v) is 16.1. The third kappa shape index (κ3) is 2.92. The molecule has 1 saturated heterocycles. The van der Waals surface area contributed by atoms with E-state index in [9.17, 15) is 0 Å². The molecule has 8 heteroatoms. The predicted octanol–water partition coefficient (Wildman–Crippen LogP) is 1.78. The van der Waals surface area contributed by atoms with E-state index in [1.807, 2.05) is 0 Å². The summed E-state index contributed by atoms with van der Waals surface area (Å²) in [6.45, 7) is 4.34. The molecule has 0 radical (unpaired) electrons. The van der Waals surface area contributed by atoms with Gasteiger partial charge < -0.3 is 15.2 Å². The van der Waals surface area contributed by atoms with Crippen molar-refractivity contribution < 1.29 is 14.8 Å². The minimum atomic E-state index is 0.178. The first kappa shape index (κ1) is 17.1. The zero-order valence-electron chi connectivity index (χ0n) is 15.3. The highest BCUT2D eigenvalue weighted by Crippen LogP contribution is 2.41. The number of ether oxygens (including phenoxy) is 1. The van der Waals surface area contributed by atoms with Crippen LogP contribution in [0.1, 0.15) is 24.0 Å². The van der Waals surface area contributed by atoms with E-state index in [4.69, 9.17) is 9.84 Å². The summed E-state index contributed by atoms with van der Waals surface area (Å²) in [7, 11) is 0. The molecule has 27 heavy (non-hydrogen) atoms. The molecule has 0 amide bonds. The summed E-state index contributed by atoms with van der Waals surface area (Å²) in [5.74, 6) is 2.13. The monoisotopic (exact) mass is 386 g/mol. The van der Waals surface area contributed by atoms with Crippen LogP contribution < -0.4 is 15.2 Å². The molecule has 3 aromatic rings. The molecule has 0 saturated carbocycles. The van der Waals surface area contributed by atoms with Crippen molar-refractivity contribution in [3.8, 4) is 0 Å². The molecule has 1 aliphatic carbocycles.